The van der Waals surface area contributed by atoms with E-state index in [1.807, 2.05) is 0 Å². The molecule has 1 fully saturated rings. The summed E-state index contributed by atoms with van der Waals surface area (Å²) in [6.45, 7) is -0.102. The molecule has 8 heteroatoms. The van der Waals surface area contributed by atoms with Crippen LogP contribution in [0, 0.1) is 0 Å². The van der Waals surface area contributed by atoms with Crippen molar-refractivity contribution in [3.8, 4) is 0 Å². The first-order chi connectivity index (χ1) is 12.6. The highest BCUT2D eigenvalue weighted by Gasteiger charge is 2.21. The Balaban J connectivity index is 1.44. The van der Waals surface area contributed by atoms with Crippen molar-refractivity contribution in [3.05, 3.63) is 69.4 Å². The Morgan fingerprint density at radius 2 is 2.15 bits per heavy atom. The summed E-state index contributed by atoms with van der Waals surface area (Å²) in [5.74, 6) is 0.223. The van der Waals surface area contributed by atoms with Crippen molar-refractivity contribution in [1.29, 1.82) is 0 Å². The van der Waals surface area contributed by atoms with Crippen molar-refractivity contribution >= 4 is 29.0 Å². The van der Waals surface area contributed by atoms with Crippen molar-refractivity contribution in [2.75, 3.05) is 5.32 Å². The van der Waals surface area contributed by atoms with Crippen LogP contribution in [0.5, 0.6) is 0 Å². The topological polar surface area (TPSA) is 85.6 Å². The van der Waals surface area contributed by atoms with Gasteiger partial charge in [0.25, 0.3) is 5.56 Å². The molecular formula is C18H15ClN4O3. The van der Waals surface area contributed by atoms with Crippen LogP contribution in [0.25, 0.3) is 5.65 Å². The summed E-state index contributed by atoms with van der Waals surface area (Å²) in [5, 5.41) is 3.69. The fraction of sp³-hybridized carbons (Fsp3) is 0.222. The molecule has 1 aliphatic rings. The zero-order valence-electron chi connectivity index (χ0n) is 13.7. The average molecular weight is 371 g/mol. The van der Waals surface area contributed by atoms with E-state index in [-0.39, 0.29) is 12.2 Å². The molecule has 0 radical (unpaired) electrons. The summed E-state index contributed by atoms with van der Waals surface area (Å²) < 4.78 is 6.58. The molecule has 0 unspecified atom stereocenters. The number of hydrogen-bond donors (Lipinski definition) is 1. The number of nitrogens with zero attached hydrogens (tertiary/aromatic N) is 3. The molecule has 3 heterocycles. The summed E-state index contributed by atoms with van der Waals surface area (Å²) >= 11 is 5.88. The highest BCUT2D eigenvalue weighted by molar-refractivity contribution is 6.30. The van der Waals surface area contributed by atoms with Gasteiger partial charge in [-0.25, -0.2) is 14.8 Å². The monoisotopic (exact) mass is 370 g/mol. The maximum Gasteiger partial charge on any atom is 0.340 e. The van der Waals surface area contributed by atoms with Gasteiger partial charge in [0.15, 0.2) is 0 Å². The molecule has 7 nitrogen and oxygen atoms in total. The van der Waals surface area contributed by atoms with Crippen LogP contribution in [0.2, 0.25) is 5.02 Å². The van der Waals surface area contributed by atoms with Gasteiger partial charge in [0, 0.05) is 24.5 Å². The fourth-order valence-electron chi connectivity index (χ4n) is 2.46. The summed E-state index contributed by atoms with van der Waals surface area (Å²) in [7, 11) is 0. The number of aromatic nitrogens is 3. The molecule has 0 saturated heterocycles. The van der Waals surface area contributed by atoms with Crippen LogP contribution in [0.4, 0.5) is 5.82 Å². The molecule has 1 aliphatic carbocycles. The van der Waals surface area contributed by atoms with Crippen LogP contribution in [0.15, 0.2) is 47.5 Å². The fourth-order valence-corrected chi connectivity index (χ4v) is 2.62. The quantitative estimate of drug-likeness (QED) is 0.695. The van der Waals surface area contributed by atoms with E-state index in [4.69, 9.17) is 16.3 Å². The van der Waals surface area contributed by atoms with Crippen LogP contribution in [0.1, 0.15) is 28.9 Å². The van der Waals surface area contributed by atoms with Crippen molar-refractivity contribution in [2.24, 2.45) is 0 Å². The van der Waals surface area contributed by atoms with Gasteiger partial charge in [-0.2, -0.15) is 0 Å². The Hall–Kier alpha value is -2.93. The van der Waals surface area contributed by atoms with Crippen molar-refractivity contribution in [1.82, 2.24) is 14.4 Å². The van der Waals surface area contributed by atoms with E-state index < -0.39 is 5.97 Å². The molecule has 26 heavy (non-hydrogen) atoms. The Kier molecular flexibility index (Phi) is 4.30. The average Bonchev–Trinajstić information content (AvgIpc) is 3.45. The molecule has 132 valence electrons. The number of ether oxygens (including phenoxy) is 1. The van der Waals surface area contributed by atoms with Crippen LogP contribution in [-0.4, -0.2) is 26.4 Å². The summed E-state index contributed by atoms with van der Waals surface area (Å²) in [5.41, 5.74) is 0.854. The lowest BCUT2D eigenvalue weighted by Gasteiger charge is -2.07. The number of halogens is 1. The number of nitrogens with one attached hydrogen (secondary N) is 1. The predicted octanol–water partition coefficient (Wildman–Crippen LogP) is 2.67. The number of hydrogen-bond acceptors (Lipinski definition) is 6. The molecule has 3 aromatic rings. The van der Waals surface area contributed by atoms with Gasteiger partial charge in [-0.15, -0.1) is 0 Å². The van der Waals surface area contributed by atoms with Crippen LogP contribution in [-0.2, 0) is 11.3 Å². The number of carbonyl (C=O) groups is 1. The number of rotatable bonds is 5. The summed E-state index contributed by atoms with van der Waals surface area (Å²) in [6, 6.07) is 8.49. The number of esters is 1. The lowest BCUT2D eigenvalue weighted by molar-refractivity contribution is 0.0467. The minimum Gasteiger partial charge on any atom is -0.456 e. The smallest absolute Gasteiger partial charge is 0.340 e. The van der Waals surface area contributed by atoms with E-state index in [2.05, 4.69) is 15.3 Å². The van der Waals surface area contributed by atoms with E-state index in [9.17, 15) is 9.59 Å². The van der Waals surface area contributed by atoms with Gasteiger partial charge < -0.3 is 10.1 Å². The van der Waals surface area contributed by atoms with Gasteiger partial charge in [0.2, 0.25) is 0 Å². The number of anilines is 1. The van der Waals surface area contributed by atoms with E-state index in [0.717, 1.165) is 18.7 Å². The lowest BCUT2D eigenvalue weighted by atomic mass is 10.3. The van der Waals surface area contributed by atoms with Gasteiger partial charge in [-0.3, -0.25) is 9.20 Å². The van der Waals surface area contributed by atoms with Crippen molar-refractivity contribution in [3.63, 3.8) is 0 Å². The van der Waals surface area contributed by atoms with Crippen LogP contribution in [0.3, 0.4) is 0 Å². The lowest BCUT2D eigenvalue weighted by Crippen LogP contribution is -2.16. The van der Waals surface area contributed by atoms with Gasteiger partial charge in [-0.05, 0) is 37.1 Å². The second-order valence-electron chi connectivity index (χ2n) is 6.09. The third-order valence-electron chi connectivity index (χ3n) is 3.96. The molecule has 0 aromatic carbocycles. The zero-order valence-corrected chi connectivity index (χ0v) is 14.4. The van der Waals surface area contributed by atoms with Gasteiger partial charge >= 0.3 is 5.97 Å². The maximum atomic E-state index is 12.1. The largest absolute Gasteiger partial charge is 0.456 e. The number of carbonyl (C=O) groups excluding carboxylic acids is 1. The highest BCUT2D eigenvalue weighted by atomic mass is 35.5. The predicted molar refractivity (Wildman–Crippen MR) is 96.5 cm³/mol. The third-order valence-corrected chi connectivity index (χ3v) is 4.18. The third kappa shape index (κ3) is 3.67. The molecule has 0 amide bonds. The molecule has 0 spiro atoms. The molecular weight excluding hydrogens is 356 g/mol. The highest BCUT2D eigenvalue weighted by Crippen LogP contribution is 2.23. The minimum atomic E-state index is -0.520. The first kappa shape index (κ1) is 16.5. The first-order valence-electron chi connectivity index (χ1n) is 8.16. The normalized spacial score (nSPS) is 13.6. The van der Waals surface area contributed by atoms with Crippen LogP contribution >= 0.6 is 11.6 Å². The van der Waals surface area contributed by atoms with Gasteiger partial charge in [-0.1, -0.05) is 11.6 Å². The first-order valence-corrected chi connectivity index (χ1v) is 8.54. The van der Waals surface area contributed by atoms with Crippen LogP contribution < -0.4 is 10.9 Å². The summed E-state index contributed by atoms with van der Waals surface area (Å²) in [4.78, 5) is 32.8. The Morgan fingerprint density at radius 3 is 2.88 bits per heavy atom. The molecule has 1 N–H and O–H groups in total. The molecule has 0 aliphatic heterocycles. The van der Waals surface area contributed by atoms with Crippen molar-refractivity contribution < 1.29 is 9.53 Å². The second-order valence-corrected chi connectivity index (χ2v) is 6.52. The van der Waals surface area contributed by atoms with Crippen molar-refractivity contribution in [2.45, 2.75) is 25.5 Å². The van der Waals surface area contributed by atoms with Gasteiger partial charge in [0.05, 0.1) is 16.3 Å². The standard InChI is InChI=1S/C18H15ClN4O3/c19-12-2-6-16-22-14(7-17(24)23(16)9-12)10-26-18(25)11-1-5-15(20-8-11)21-13-3-4-13/h1-2,5-9,13H,3-4,10H2,(H,20,21). The number of fused-ring (bicyclic) bond motifs is 1. The molecule has 1 saturated carbocycles. The SMILES string of the molecule is O=C(OCc1cc(=O)n2cc(Cl)ccc2n1)c1ccc(NC2CC2)nc1. The maximum absolute atomic E-state index is 12.1. The second kappa shape index (κ2) is 6.76. The van der Waals surface area contributed by atoms with E-state index >= 15 is 0 Å². The minimum absolute atomic E-state index is 0.102. The Bertz CT molecular complexity index is 1030. The van der Waals surface area contributed by atoms with Gasteiger partial charge in [0.1, 0.15) is 18.1 Å². The Morgan fingerprint density at radius 1 is 1.31 bits per heavy atom. The van der Waals surface area contributed by atoms with E-state index in [1.54, 1.807) is 24.3 Å². The Labute approximate surface area is 153 Å². The van der Waals surface area contributed by atoms with E-state index in [0.29, 0.717) is 28.0 Å². The molecule has 0 bridgehead atoms. The summed E-state index contributed by atoms with van der Waals surface area (Å²) in [6.07, 6.45) is 5.26. The zero-order chi connectivity index (χ0) is 18.1. The number of pyridine rings is 2. The van der Waals surface area contributed by atoms with E-state index in [1.165, 1.54) is 22.9 Å². The molecule has 4 rings (SSSR count). The molecule has 0 atom stereocenters. The molecule has 3 aromatic heterocycles.